The van der Waals surface area contributed by atoms with Gasteiger partial charge in [0.15, 0.2) is 0 Å². The Kier molecular flexibility index (Phi) is 3.06. The molecule has 1 fully saturated rings. The first-order chi connectivity index (χ1) is 11.8. The summed E-state index contributed by atoms with van der Waals surface area (Å²) >= 11 is 0. The van der Waals surface area contributed by atoms with E-state index in [4.69, 9.17) is 4.98 Å². The molecule has 0 amide bonds. The average Bonchev–Trinajstić information content (AvgIpc) is 3.31. The summed E-state index contributed by atoms with van der Waals surface area (Å²) in [5, 5.41) is 4.27. The number of nitrogens with zero attached hydrogens (tertiary/aromatic N) is 6. The molecule has 0 aromatic carbocycles. The second kappa shape index (κ2) is 5.27. The third-order valence-corrected chi connectivity index (χ3v) is 5.27. The van der Waals surface area contributed by atoms with E-state index in [0.29, 0.717) is 11.8 Å². The van der Waals surface area contributed by atoms with Crippen LogP contribution in [0.2, 0.25) is 0 Å². The van der Waals surface area contributed by atoms with Crippen LogP contribution in [-0.2, 0) is 20.1 Å². The highest BCUT2D eigenvalue weighted by molar-refractivity contribution is 5.58. The molecule has 0 N–H and O–H groups in total. The highest BCUT2D eigenvalue weighted by Crippen LogP contribution is 2.41. The van der Waals surface area contributed by atoms with Gasteiger partial charge in [0.05, 0.1) is 18.1 Å². The van der Waals surface area contributed by atoms with Gasteiger partial charge < -0.3 is 4.57 Å². The van der Waals surface area contributed by atoms with Gasteiger partial charge >= 0.3 is 0 Å². The fourth-order valence-corrected chi connectivity index (χ4v) is 4.24. The first-order valence-electron chi connectivity index (χ1n) is 8.43. The number of fused-ring (bicyclic) bond motifs is 3. The lowest BCUT2D eigenvalue weighted by molar-refractivity contribution is 0.306. The standard InChI is InChI=1S/C18H20N6/c1-22-8-13(5-21-22)9-23-10-15-11-24-17(14-3-2-4-19-6-14)7-20-18(24)16(15)12-23/h2-8,15-16H,9-12H2,1H3/t15-,16-/m0/s1. The molecule has 0 aliphatic carbocycles. The van der Waals surface area contributed by atoms with E-state index >= 15 is 0 Å². The van der Waals surface area contributed by atoms with Gasteiger partial charge in [0.25, 0.3) is 0 Å². The summed E-state index contributed by atoms with van der Waals surface area (Å²) in [6, 6.07) is 4.10. The molecule has 0 spiro atoms. The van der Waals surface area contributed by atoms with Crippen LogP contribution in [0.4, 0.5) is 0 Å². The predicted molar refractivity (Wildman–Crippen MR) is 90.2 cm³/mol. The van der Waals surface area contributed by atoms with Gasteiger partial charge in [-0.2, -0.15) is 5.10 Å². The zero-order valence-corrected chi connectivity index (χ0v) is 13.7. The average molecular weight is 320 g/mol. The molecule has 3 aromatic rings. The van der Waals surface area contributed by atoms with Crippen LogP contribution in [0, 0.1) is 5.92 Å². The van der Waals surface area contributed by atoms with E-state index in [9.17, 15) is 0 Å². The van der Waals surface area contributed by atoms with E-state index in [1.165, 1.54) is 17.1 Å². The first-order valence-corrected chi connectivity index (χ1v) is 8.43. The minimum atomic E-state index is 0.548. The summed E-state index contributed by atoms with van der Waals surface area (Å²) in [4.78, 5) is 11.5. The first kappa shape index (κ1) is 13.9. The number of hydrogen-bond acceptors (Lipinski definition) is 4. The van der Waals surface area contributed by atoms with Crippen molar-refractivity contribution >= 4 is 0 Å². The Morgan fingerprint density at radius 2 is 2.12 bits per heavy atom. The molecule has 0 radical (unpaired) electrons. The second-order valence-corrected chi connectivity index (χ2v) is 6.94. The maximum atomic E-state index is 4.75. The molecule has 0 unspecified atom stereocenters. The van der Waals surface area contributed by atoms with Crippen molar-refractivity contribution in [2.45, 2.75) is 19.0 Å². The summed E-state index contributed by atoms with van der Waals surface area (Å²) in [6.07, 6.45) is 9.82. The molecule has 0 saturated carbocycles. The van der Waals surface area contributed by atoms with Crippen molar-refractivity contribution in [3.63, 3.8) is 0 Å². The Hall–Kier alpha value is -2.47. The lowest BCUT2D eigenvalue weighted by Gasteiger charge is -2.16. The molecule has 6 nitrogen and oxygen atoms in total. The largest absolute Gasteiger partial charge is 0.327 e. The number of pyridine rings is 1. The number of rotatable bonds is 3. The summed E-state index contributed by atoms with van der Waals surface area (Å²) in [5.74, 6) is 2.46. The number of likely N-dealkylation sites (tertiary alicyclic amines) is 1. The van der Waals surface area contributed by atoms with Gasteiger partial charge in [-0.05, 0) is 12.1 Å². The fourth-order valence-electron chi connectivity index (χ4n) is 4.24. The van der Waals surface area contributed by atoms with Crippen LogP contribution in [0.1, 0.15) is 17.3 Å². The molecule has 2 atom stereocenters. The Morgan fingerprint density at radius 1 is 1.17 bits per heavy atom. The van der Waals surface area contributed by atoms with Crippen LogP contribution < -0.4 is 0 Å². The minimum Gasteiger partial charge on any atom is -0.327 e. The topological polar surface area (TPSA) is 51.8 Å². The molecule has 122 valence electrons. The molecule has 2 aliphatic heterocycles. The molecule has 2 aliphatic rings. The van der Waals surface area contributed by atoms with Crippen molar-refractivity contribution in [3.8, 4) is 11.3 Å². The lowest BCUT2D eigenvalue weighted by Crippen LogP contribution is -2.22. The summed E-state index contributed by atoms with van der Waals surface area (Å²) in [7, 11) is 1.97. The van der Waals surface area contributed by atoms with Crippen molar-refractivity contribution in [3.05, 3.63) is 54.5 Å². The van der Waals surface area contributed by atoms with Crippen molar-refractivity contribution in [2.24, 2.45) is 13.0 Å². The maximum absolute atomic E-state index is 4.75. The van der Waals surface area contributed by atoms with Crippen molar-refractivity contribution < 1.29 is 0 Å². The molecule has 24 heavy (non-hydrogen) atoms. The van der Waals surface area contributed by atoms with Gasteiger partial charge in [0.1, 0.15) is 5.82 Å². The predicted octanol–water partition coefficient (Wildman–Crippen LogP) is 1.91. The zero-order valence-electron chi connectivity index (χ0n) is 13.7. The van der Waals surface area contributed by atoms with E-state index in [1.807, 2.05) is 42.6 Å². The summed E-state index contributed by atoms with van der Waals surface area (Å²) in [5.41, 5.74) is 3.65. The van der Waals surface area contributed by atoms with E-state index < -0.39 is 0 Å². The van der Waals surface area contributed by atoms with Crippen molar-refractivity contribution in [1.82, 2.24) is 29.2 Å². The SMILES string of the molecule is Cn1cc(CN2C[C@H]3Cn4c(-c5cccnc5)cnc4[C@H]3C2)cn1. The van der Waals surface area contributed by atoms with Gasteiger partial charge in [0, 0.05) is 74.8 Å². The monoisotopic (exact) mass is 320 g/mol. The quantitative estimate of drug-likeness (QED) is 0.740. The van der Waals surface area contributed by atoms with Gasteiger partial charge in [-0.1, -0.05) is 0 Å². The fraction of sp³-hybridized carbons (Fsp3) is 0.389. The molecule has 3 aromatic heterocycles. The highest BCUT2D eigenvalue weighted by atomic mass is 15.3. The smallest absolute Gasteiger partial charge is 0.113 e. The van der Waals surface area contributed by atoms with Crippen LogP contribution in [0.3, 0.4) is 0 Å². The van der Waals surface area contributed by atoms with Gasteiger partial charge in [-0.15, -0.1) is 0 Å². The number of aryl methyl sites for hydroxylation is 1. The molecule has 0 bridgehead atoms. The van der Waals surface area contributed by atoms with Crippen molar-refractivity contribution in [2.75, 3.05) is 13.1 Å². The number of hydrogen-bond donors (Lipinski definition) is 0. The van der Waals surface area contributed by atoms with Crippen LogP contribution >= 0.6 is 0 Å². The van der Waals surface area contributed by atoms with Crippen LogP contribution in [-0.4, -0.2) is 42.3 Å². The highest BCUT2D eigenvalue weighted by Gasteiger charge is 2.42. The second-order valence-electron chi connectivity index (χ2n) is 6.94. The summed E-state index contributed by atoms with van der Waals surface area (Å²) in [6.45, 7) is 4.27. The Balaban J connectivity index is 1.37. The lowest BCUT2D eigenvalue weighted by atomic mass is 9.99. The van der Waals surface area contributed by atoms with E-state index in [-0.39, 0.29) is 0 Å². The van der Waals surface area contributed by atoms with Gasteiger partial charge in [-0.3, -0.25) is 14.6 Å². The van der Waals surface area contributed by atoms with Crippen LogP contribution in [0.25, 0.3) is 11.3 Å². The molecule has 1 saturated heterocycles. The molecule has 5 rings (SSSR count). The summed E-state index contributed by atoms with van der Waals surface area (Å²) < 4.78 is 4.27. The molecular weight excluding hydrogens is 300 g/mol. The normalized spacial score (nSPS) is 22.7. The molecule has 5 heterocycles. The Morgan fingerprint density at radius 3 is 2.92 bits per heavy atom. The molecule has 6 heteroatoms. The minimum absolute atomic E-state index is 0.548. The van der Waals surface area contributed by atoms with Gasteiger partial charge in [-0.25, -0.2) is 4.98 Å². The Bertz CT molecular complexity index is 865. The molecular formula is C18H20N6. The van der Waals surface area contributed by atoms with Gasteiger partial charge in [0.2, 0.25) is 0 Å². The third kappa shape index (κ3) is 2.17. The number of aromatic nitrogens is 5. The van der Waals surface area contributed by atoms with Crippen molar-refractivity contribution in [1.29, 1.82) is 0 Å². The zero-order chi connectivity index (χ0) is 16.1. The number of imidazole rings is 1. The Labute approximate surface area is 140 Å². The third-order valence-electron chi connectivity index (χ3n) is 5.27. The van der Waals surface area contributed by atoms with Crippen LogP contribution in [0.5, 0.6) is 0 Å². The van der Waals surface area contributed by atoms with E-state index in [0.717, 1.165) is 31.7 Å². The maximum Gasteiger partial charge on any atom is 0.113 e. The van der Waals surface area contributed by atoms with E-state index in [2.05, 4.69) is 31.8 Å². The van der Waals surface area contributed by atoms with E-state index in [1.54, 1.807) is 0 Å². The van der Waals surface area contributed by atoms with Crippen LogP contribution in [0.15, 0.2) is 43.1 Å².